The van der Waals surface area contributed by atoms with Crippen LogP contribution in [0.4, 0.5) is 4.39 Å². The lowest BCUT2D eigenvalue weighted by Crippen LogP contribution is -2.15. The first-order valence-electron chi connectivity index (χ1n) is 5.89. The molecule has 0 amide bonds. The maximum atomic E-state index is 12.0. The number of benzene rings is 1. The van der Waals surface area contributed by atoms with Gasteiger partial charge in [-0.25, -0.2) is 0 Å². The zero-order valence-corrected chi connectivity index (χ0v) is 10.2. The van der Waals surface area contributed by atoms with E-state index < -0.39 is 0 Å². The largest absolute Gasteiger partial charge is 0.310 e. The summed E-state index contributed by atoms with van der Waals surface area (Å²) in [6.07, 6.45) is 3.30. The summed E-state index contributed by atoms with van der Waals surface area (Å²) in [5.41, 5.74) is 1.33. The number of hydrogen-bond donors (Lipinski definition) is 1. The molecule has 1 nitrogen and oxygen atoms in total. The molecule has 1 aromatic rings. The first kappa shape index (κ1) is 11.9. The molecule has 1 aromatic carbocycles. The van der Waals surface area contributed by atoms with Crippen molar-refractivity contribution in [2.45, 2.75) is 36.7 Å². The molecule has 1 N–H and O–H groups in total. The van der Waals surface area contributed by atoms with Gasteiger partial charge in [-0.15, -0.1) is 11.8 Å². The minimum absolute atomic E-state index is 0.212. The second-order valence-corrected chi connectivity index (χ2v) is 5.36. The van der Waals surface area contributed by atoms with Gasteiger partial charge in [0.1, 0.15) is 0 Å². The Hall–Kier alpha value is -0.540. The highest BCUT2D eigenvalue weighted by molar-refractivity contribution is 7.99. The predicted molar refractivity (Wildman–Crippen MR) is 67.6 cm³/mol. The molecule has 0 unspecified atom stereocenters. The Kier molecular flexibility index (Phi) is 4.67. The molecule has 0 aromatic heterocycles. The van der Waals surface area contributed by atoms with E-state index in [2.05, 4.69) is 29.6 Å². The third-order valence-corrected chi connectivity index (χ3v) is 3.70. The third kappa shape index (κ3) is 4.14. The lowest BCUT2D eigenvalue weighted by molar-refractivity contribution is 0.489. The molecule has 0 atom stereocenters. The van der Waals surface area contributed by atoms with Crippen LogP contribution in [0, 0.1) is 0 Å². The number of halogens is 1. The standard InChI is InChI=1S/C13H18FNS/c14-7-2-8-16-13-4-1-3-11(9-13)10-15-12-5-6-12/h1,3-4,9,12,15H,2,5-8,10H2. The Morgan fingerprint density at radius 2 is 2.25 bits per heavy atom. The van der Waals surface area contributed by atoms with Crippen LogP contribution in [0.5, 0.6) is 0 Å². The zero-order valence-electron chi connectivity index (χ0n) is 9.42. The van der Waals surface area contributed by atoms with E-state index in [1.165, 1.54) is 23.3 Å². The van der Waals surface area contributed by atoms with E-state index in [4.69, 9.17) is 0 Å². The minimum Gasteiger partial charge on any atom is -0.310 e. The average molecular weight is 239 g/mol. The second kappa shape index (κ2) is 6.26. The minimum atomic E-state index is -0.212. The van der Waals surface area contributed by atoms with Gasteiger partial charge in [-0.3, -0.25) is 4.39 Å². The normalized spacial score (nSPS) is 15.3. The Morgan fingerprint density at radius 3 is 3.00 bits per heavy atom. The molecule has 1 saturated carbocycles. The molecular weight excluding hydrogens is 221 g/mol. The fourth-order valence-corrected chi connectivity index (χ4v) is 2.44. The van der Waals surface area contributed by atoms with E-state index >= 15 is 0 Å². The molecule has 0 aliphatic heterocycles. The zero-order chi connectivity index (χ0) is 11.2. The van der Waals surface area contributed by atoms with E-state index in [0.29, 0.717) is 6.42 Å². The van der Waals surface area contributed by atoms with Crippen LogP contribution in [-0.2, 0) is 6.54 Å². The molecule has 0 radical (unpaired) electrons. The molecule has 0 bridgehead atoms. The summed E-state index contributed by atoms with van der Waals surface area (Å²) in [7, 11) is 0. The molecule has 0 spiro atoms. The van der Waals surface area contributed by atoms with E-state index in [-0.39, 0.29) is 6.67 Å². The second-order valence-electron chi connectivity index (χ2n) is 4.19. The highest BCUT2D eigenvalue weighted by Gasteiger charge is 2.19. The van der Waals surface area contributed by atoms with Gasteiger partial charge in [0.15, 0.2) is 0 Å². The lowest BCUT2D eigenvalue weighted by atomic mass is 10.2. The van der Waals surface area contributed by atoms with Gasteiger partial charge in [0.05, 0.1) is 6.67 Å². The summed E-state index contributed by atoms with van der Waals surface area (Å²) >= 11 is 1.74. The van der Waals surface area contributed by atoms with Gasteiger partial charge in [0.2, 0.25) is 0 Å². The van der Waals surface area contributed by atoms with Crippen LogP contribution in [-0.4, -0.2) is 18.5 Å². The van der Waals surface area contributed by atoms with Gasteiger partial charge in [-0.2, -0.15) is 0 Å². The van der Waals surface area contributed by atoms with Crippen molar-refractivity contribution in [3.63, 3.8) is 0 Å². The first-order chi connectivity index (χ1) is 7.88. The number of alkyl halides is 1. The number of thioether (sulfide) groups is 1. The topological polar surface area (TPSA) is 12.0 Å². The van der Waals surface area contributed by atoms with Crippen LogP contribution in [0.1, 0.15) is 24.8 Å². The van der Waals surface area contributed by atoms with Crippen LogP contribution < -0.4 is 5.32 Å². The van der Waals surface area contributed by atoms with Crippen molar-refractivity contribution >= 4 is 11.8 Å². The fourth-order valence-electron chi connectivity index (χ4n) is 1.54. The summed E-state index contributed by atoms with van der Waals surface area (Å²) < 4.78 is 12.0. The van der Waals surface area contributed by atoms with Crippen molar-refractivity contribution in [1.82, 2.24) is 5.32 Å². The van der Waals surface area contributed by atoms with Crippen molar-refractivity contribution in [1.29, 1.82) is 0 Å². The van der Waals surface area contributed by atoms with Gasteiger partial charge in [0, 0.05) is 23.2 Å². The molecule has 1 fully saturated rings. The fraction of sp³-hybridized carbons (Fsp3) is 0.538. The molecule has 0 heterocycles. The molecule has 1 aliphatic carbocycles. The molecule has 88 valence electrons. The number of nitrogens with one attached hydrogen (secondary N) is 1. The van der Waals surface area contributed by atoms with Crippen molar-refractivity contribution in [3.05, 3.63) is 29.8 Å². The monoisotopic (exact) mass is 239 g/mol. The van der Waals surface area contributed by atoms with E-state index in [9.17, 15) is 4.39 Å². The summed E-state index contributed by atoms with van der Waals surface area (Å²) in [5, 5.41) is 3.50. The van der Waals surface area contributed by atoms with Gasteiger partial charge >= 0.3 is 0 Å². The number of hydrogen-bond acceptors (Lipinski definition) is 2. The van der Waals surface area contributed by atoms with Crippen LogP contribution in [0.3, 0.4) is 0 Å². The number of rotatable bonds is 7. The Morgan fingerprint density at radius 1 is 1.38 bits per heavy atom. The van der Waals surface area contributed by atoms with E-state index in [0.717, 1.165) is 18.3 Å². The maximum Gasteiger partial charge on any atom is 0.0902 e. The van der Waals surface area contributed by atoms with E-state index in [1.54, 1.807) is 11.8 Å². The van der Waals surface area contributed by atoms with Crippen LogP contribution in [0.2, 0.25) is 0 Å². The van der Waals surface area contributed by atoms with Crippen LogP contribution >= 0.6 is 11.8 Å². The lowest BCUT2D eigenvalue weighted by Gasteiger charge is -2.05. The van der Waals surface area contributed by atoms with Crippen LogP contribution in [0.15, 0.2) is 29.2 Å². The highest BCUT2D eigenvalue weighted by Crippen LogP contribution is 2.22. The van der Waals surface area contributed by atoms with Gasteiger partial charge in [0.25, 0.3) is 0 Å². The summed E-state index contributed by atoms with van der Waals surface area (Å²) in [4.78, 5) is 1.25. The smallest absolute Gasteiger partial charge is 0.0902 e. The summed E-state index contributed by atoms with van der Waals surface area (Å²) in [6.45, 7) is 0.748. The third-order valence-electron chi connectivity index (χ3n) is 2.62. The maximum absolute atomic E-state index is 12.0. The van der Waals surface area contributed by atoms with Gasteiger partial charge in [-0.1, -0.05) is 12.1 Å². The molecule has 0 saturated heterocycles. The Labute approximate surface area is 101 Å². The van der Waals surface area contributed by atoms with Crippen molar-refractivity contribution < 1.29 is 4.39 Å². The van der Waals surface area contributed by atoms with E-state index in [1.807, 2.05) is 0 Å². The molecule has 1 aliphatic rings. The van der Waals surface area contributed by atoms with Gasteiger partial charge in [-0.05, 0) is 37.0 Å². The quantitative estimate of drug-likeness (QED) is 0.578. The molecular formula is C13H18FNS. The molecule has 3 heteroatoms. The molecule has 16 heavy (non-hydrogen) atoms. The summed E-state index contributed by atoms with van der Waals surface area (Å²) in [6, 6.07) is 9.29. The van der Waals surface area contributed by atoms with Crippen molar-refractivity contribution in [3.8, 4) is 0 Å². The molecule has 2 rings (SSSR count). The Balaban J connectivity index is 1.80. The SMILES string of the molecule is FCCCSc1cccc(CNC2CC2)c1. The van der Waals surface area contributed by atoms with Crippen molar-refractivity contribution in [2.24, 2.45) is 0 Å². The first-order valence-corrected chi connectivity index (χ1v) is 6.88. The van der Waals surface area contributed by atoms with Crippen molar-refractivity contribution in [2.75, 3.05) is 12.4 Å². The van der Waals surface area contributed by atoms with Gasteiger partial charge < -0.3 is 5.32 Å². The highest BCUT2D eigenvalue weighted by atomic mass is 32.2. The Bertz CT molecular complexity index is 325. The van der Waals surface area contributed by atoms with Crippen LogP contribution in [0.25, 0.3) is 0 Å². The summed E-state index contributed by atoms with van der Waals surface area (Å²) in [5.74, 6) is 0.871. The predicted octanol–water partition coefficient (Wildman–Crippen LogP) is 3.39. The average Bonchev–Trinajstić information content (AvgIpc) is 3.11.